The summed E-state index contributed by atoms with van der Waals surface area (Å²) in [5.41, 5.74) is 1.43. The molecule has 0 unspecified atom stereocenters. The summed E-state index contributed by atoms with van der Waals surface area (Å²) < 4.78 is 0. The molecular weight excluding hydrogens is 380 g/mol. The topological polar surface area (TPSA) is 86.7 Å². The minimum Gasteiger partial charge on any atom is -0.393 e. The average molecular weight is 413 g/mol. The van der Waals surface area contributed by atoms with Crippen LogP contribution in [0.25, 0.3) is 0 Å². The van der Waals surface area contributed by atoms with Crippen LogP contribution < -0.4 is 5.32 Å². The van der Waals surface area contributed by atoms with Crippen LogP contribution in [0.15, 0.2) is 42.0 Å². The molecular formula is C24H32N2O4. The third kappa shape index (κ3) is 5.79. The molecule has 0 spiro atoms. The monoisotopic (exact) mass is 412 g/mol. The molecule has 1 atom stereocenters. The van der Waals surface area contributed by atoms with Crippen molar-refractivity contribution in [2.45, 2.75) is 64.0 Å². The van der Waals surface area contributed by atoms with Gasteiger partial charge in [-0.15, -0.1) is 0 Å². The highest BCUT2D eigenvalue weighted by Gasteiger charge is 2.35. The van der Waals surface area contributed by atoms with Gasteiger partial charge in [-0.05, 0) is 57.8 Å². The van der Waals surface area contributed by atoms with Crippen LogP contribution in [0.2, 0.25) is 0 Å². The van der Waals surface area contributed by atoms with E-state index < -0.39 is 17.7 Å². The summed E-state index contributed by atoms with van der Waals surface area (Å²) in [6.07, 6.45) is 7.84. The minimum atomic E-state index is -0.603. The fourth-order valence-corrected chi connectivity index (χ4v) is 4.36. The van der Waals surface area contributed by atoms with Crippen molar-refractivity contribution < 1.29 is 19.5 Å². The molecule has 1 heterocycles. The largest absolute Gasteiger partial charge is 0.393 e. The second kappa shape index (κ2) is 10.5. The molecule has 0 radical (unpaired) electrons. The lowest BCUT2D eigenvalue weighted by Crippen LogP contribution is -2.53. The molecule has 1 saturated heterocycles. The van der Waals surface area contributed by atoms with Gasteiger partial charge >= 0.3 is 0 Å². The fourth-order valence-electron chi connectivity index (χ4n) is 4.36. The summed E-state index contributed by atoms with van der Waals surface area (Å²) in [6, 6.07) is 7.89. The Kier molecular flexibility index (Phi) is 7.80. The predicted molar refractivity (Wildman–Crippen MR) is 115 cm³/mol. The standard InChI is InChI=1S/C24H32N2O4/c1-17(15-18-10-12-20(27)13-11-18)16-25-23(29)21-9-5-6-14-26(21)24(30)22(28)19-7-3-2-4-8-19/h2-4,7-8,15,18,20-21,27H,5-6,9-14,16H2,1H3,(H,25,29)/b17-15+/t18?,20?,21-/m0/s1. The van der Waals surface area contributed by atoms with E-state index in [4.69, 9.17) is 0 Å². The fraction of sp³-hybridized carbons (Fsp3) is 0.542. The lowest BCUT2D eigenvalue weighted by Gasteiger charge is -2.34. The van der Waals surface area contributed by atoms with Crippen molar-refractivity contribution in [2.75, 3.05) is 13.1 Å². The summed E-state index contributed by atoms with van der Waals surface area (Å²) in [4.78, 5) is 39.7. The van der Waals surface area contributed by atoms with Gasteiger partial charge in [-0.3, -0.25) is 14.4 Å². The van der Waals surface area contributed by atoms with Crippen LogP contribution in [0.5, 0.6) is 0 Å². The first-order valence-electron chi connectivity index (χ1n) is 11.0. The molecule has 2 aliphatic rings. The molecule has 2 amide bonds. The minimum absolute atomic E-state index is 0.178. The van der Waals surface area contributed by atoms with Crippen LogP contribution in [-0.2, 0) is 9.59 Å². The SMILES string of the molecule is C/C(=C\C1CCC(O)CC1)CNC(=O)[C@@H]1CCCCN1C(=O)C(=O)c1ccccc1. The van der Waals surface area contributed by atoms with E-state index in [0.29, 0.717) is 31.0 Å². The number of carbonyl (C=O) groups excluding carboxylic acids is 3. The second-order valence-corrected chi connectivity index (χ2v) is 8.50. The maximum atomic E-state index is 12.8. The highest BCUT2D eigenvalue weighted by atomic mass is 16.3. The molecule has 6 nitrogen and oxygen atoms in total. The van der Waals surface area contributed by atoms with Gasteiger partial charge in [0.1, 0.15) is 6.04 Å². The van der Waals surface area contributed by atoms with E-state index in [0.717, 1.165) is 44.1 Å². The highest BCUT2D eigenvalue weighted by Crippen LogP contribution is 2.26. The van der Waals surface area contributed by atoms with Gasteiger partial charge in [-0.2, -0.15) is 0 Å². The summed E-state index contributed by atoms with van der Waals surface area (Å²) in [5.74, 6) is -0.919. The zero-order chi connectivity index (χ0) is 21.5. The molecule has 30 heavy (non-hydrogen) atoms. The number of nitrogens with one attached hydrogen (secondary N) is 1. The molecule has 0 bridgehead atoms. The van der Waals surface area contributed by atoms with Crippen molar-refractivity contribution >= 4 is 17.6 Å². The van der Waals surface area contributed by atoms with Crippen molar-refractivity contribution in [1.82, 2.24) is 10.2 Å². The van der Waals surface area contributed by atoms with Crippen LogP contribution >= 0.6 is 0 Å². The Bertz CT molecular complexity index is 782. The molecule has 1 aromatic carbocycles. The number of aliphatic hydroxyl groups is 1. The number of aliphatic hydroxyl groups excluding tert-OH is 1. The van der Waals surface area contributed by atoms with Crippen LogP contribution in [0, 0.1) is 5.92 Å². The van der Waals surface area contributed by atoms with Gasteiger partial charge < -0.3 is 15.3 Å². The number of nitrogens with zero attached hydrogens (tertiary/aromatic N) is 1. The maximum Gasteiger partial charge on any atom is 0.295 e. The number of amides is 2. The second-order valence-electron chi connectivity index (χ2n) is 8.50. The van der Waals surface area contributed by atoms with Crippen molar-refractivity contribution in [3.05, 3.63) is 47.5 Å². The van der Waals surface area contributed by atoms with Crippen LogP contribution in [0.1, 0.15) is 62.2 Å². The van der Waals surface area contributed by atoms with Crippen molar-refractivity contribution in [2.24, 2.45) is 5.92 Å². The Morgan fingerprint density at radius 3 is 2.47 bits per heavy atom. The third-order valence-corrected chi connectivity index (χ3v) is 6.10. The summed E-state index contributed by atoms with van der Waals surface area (Å²) in [7, 11) is 0. The summed E-state index contributed by atoms with van der Waals surface area (Å²) in [5, 5.41) is 12.6. The quantitative estimate of drug-likeness (QED) is 0.427. The number of hydrogen-bond acceptors (Lipinski definition) is 4. The first-order valence-corrected chi connectivity index (χ1v) is 11.0. The highest BCUT2D eigenvalue weighted by molar-refractivity contribution is 6.43. The number of allylic oxidation sites excluding steroid dienone is 1. The molecule has 162 valence electrons. The molecule has 3 rings (SSSR count). The molecule has 2 fully saturated rings. The van der Waals surface area contributed by atoms with Crippen molar-refractivity contribution in [1.29, 1.82) is 0 Å². The van der Waals surface area contributed by atoms with E-state index in [1.54, 1.807) is 30.3 Å². The predicted octanol–water partition coefficient (Wildman–Crippen LogP) is 2.86. The lowest BCUT2D eigenvalue weighted by molar-refractivity contribution is -0.138. The Balaban J connectivity index is 1.58. The molecule has 1 aromatic rings. The zero-order valence-electron chi connectivity index (χ0n) is 17.7. The van der Waals surface area contributed by atoms with Crippen LogP contribution in [-0.4, -0.2) is 52.8 Å². The van der Waals surface area contributed by atoms with E-state index in [2.05, 4.69) is 11.4 Å². The van der Waals surface area contributed by atoms with E-state index in [1.165, 1.54) is 4.90 Å². The smallest absolute Gasteiger partial charge is 0.295 e. The number of piperidine rings is 1. The first-order chi connectivity index (χ1) is 14.5. The number of hydrogen-bond donors (Lipinski definition) is 2. The molecule has 0 aromatic heterocycles. The molecule has 2 N–H and O–H groups in total. The number of benzene rings is 1. The number of carbonyl (C=O) groups is 3. The van der Waals surface area contributed by atoms with Gasteiger partial charge in [0.15, 0.2) is 0 Å². The van der Waals surface area contributed by atoms with E-state index in [1.807, 2.05) is 6.92 Å². The van der Waals surface area contributed by atoms with E-state index in [9.17, 15) is 19.5 Å². The van der Waals surface area contributed by atoms with Gasteiger partial charge in [0.05, 0.1) is 6.10 Å². The van der Waals surface area contributed by atoms with Crippen molar-refractivity contribution in [3.63, 3.8) is 0 Å². The third-order valence-electron chi connectivity index (χ3n) is 6.10. The Morgan fingerprint density at radius 2 is 1.77 bits per heavy atom. The van der Waals surface area contributed by atoms with Gasteiger partial charge in [-0.1, -0.05) is 42.0 Å². The van der Waals surface area contributed by atoms with Crippen molar-refractivity contribution in [3.8, 4) is 0 Å². The molecule has 1 aliphatic heterocycles. The van der Waals surface area contributed by atoms with E-state index >= 15 is 0 Å². The molecule has 6 heteroatoms. The Labute approximate surface area is 178 Å². The van der Waals surface area contributed by atoms with Crippen LogP contribution in [0.4, 0.5) is 0 Å². The maximum absolute atomic E-state index is 12.8. The number of likely N-dealkylation sites (tertiary alicyclic amines) is 1. The first kappa shape index (κ1) is 22.2. The average Bonchev–Trinajstić information content (AvgIpc) is 2.78. The normalized spacial score (nSPS) is 24.9. The van der Waals surface area contributed by atoms with E-state index in [-0.39, 0.29) is 12.0 Å². The van der Waals surface area contributed by atoms with Crippen LogP contribution in [0.3, 0.4) is 0 Å². The van der Waals surface area contributed by atoms with Gasteiger partial charge in [0.2, 0.25) is 11.7 Å². The number of rotatable bonds is 6. The summed E-state index contributed by atoms with van der Waals surface area (Å²) >= 11 is 0. The lowest BCUT2D eigenvalue weighted by atomic mass is 9.86. The number of ketones is 1. The Hall–Kier alpha value is -2.47. The Morgan fingerprint density at radius 1 is 1.07 bits per heavy atom. The summed E-state index contributed by atoms with van der Waals surface area (Å²) in [6.45, 7) is 2.85. The zero-order valence-corrected chi connectivity index (χ0v) is 17.7. The van der Waals surface area contributed by atoms with Gasteiger partial charge in [0, 0.05) is 18.7 Å². The molecule has 1 aliphatic carbocycles. The molecule has 1 saturated carbocycles. The van der Waals surface area contributed by atoms with Gasteiger partial charge in [-0.25, -0.2) is 0 Å². The van der Waals surface area contributed by atoms with Gasteiger partial charge in [0.25, 0.3) is 5.91 Å². The number of Topliss-reactive ketones (excluding diaryl/α,β-unsaturated/α-hetero) is 1.